The van der Waals surface area contributed by atoms with Crippen molar-refractivity contribution in [1.29, 1.82) is 0 Å². The van der Waals surface area contributed by atoms with Crippen LogP contribution in [0.15, 0.2) is 88.7 Å². The van der Waals surface area contributed by atoms with Crippen LogP contribution < -0.4 is 18.1 Å². The normalized spacial score (nSPS) is 11.7. The van der Waals surface area contributed by atoms with E-state index in [2.05, 4.69) is 0 Å². The van der Waals surface area contributed by atoms with E-state index in [1.807, 2.05) is 6.92 Å². The van der Waals surface area contributed by atoms with Gasteiger partial charge in [0.2, 0.25) is 0 Å². The zero-order valence-electron chi connectivity index (χ0n) is 24.3. The lowest BCUT2D eigenvalue weighted by Gasteiger charge is -2.30. The highest BCUT2D eigenvalue weighted by molar-refractivity contribution is 7.93. The number of carboxylic acid groups (broad SMARTS) is 1. The van der Waals surface area contributed by atoms with Gasteiger partial charge in [0.15, 0.2) is 0 Å². The third-order valence-corrected chi connectivity index (χ3v) is 10.6. The molecule has 0 aliphatic carbocycles. The van der Waals surface area contributed by atoms with Crippen LogP contribution in [-0.2, 0) is 31.3 Å². The van der Waals surface area contributed by atoms with Crippen molar-refractivity contribution in [2.75, 3.05) is 35.9 Å². The number of methoxy groups -OCH3 is 2. The van der Waals surface area contributed by atoms with Gasteiger partial charge in [-0.05, 0) is 73.5 Å². The van der Waals surface area contributed by atoms with E-state index in [4.69, 9.17) is 9.47 Å². The molecule has 0 amide bonds. The summed E-state index contributed by atoms with van der Waals surface area (Å²) in [4.78, 5) is 12.1. The fourth-order valence-electron chi connectivity index (χ4n) is 4.98. The minimum absolute atomic E-state index is 0.0648. The van der Waals surface area contributed by atoms with Crippen molar-refractivity contribution >= 4 is 48.2 Å². The van der Waals surface area contributed by atoms with Crippen LogP contribution in [-0.4, -0.2) is 55.2 Å². The van der Waals surface area contributed by atoms with E-state index in [0.717, 1.165) is 4.31 Å². The first-order valence-corrected chi connectivity index (χ1v) is 16.5. The van der Waals surface area contributed by atoms with Crippen molar-refractivity contribution in [3.8, 4) is 11.5 Å². The quantitative estimate of drug-likeness (QED) is 0.212. The fraction of sp³-hybridized carbons (Fsp3) is 0.258. The maximum absolute atomic E-state index is 14.0. The van der Waals surface area contributed by atoms with Gasteiger partial charge in [0.05, 0.1) is 35.4 Å². The Morgan fingerprint density at radius 3 is 1.67 bits per heavy atom. The molecule has 0 saturated carbocycles. The first-order chi connectivity index (χ1) is 20.5. The smallest absolute Gasteiger partial charge is 0.324 e. The van der Waals surface area contributed by atoms with Crippen molar-refractivity contribution < 1.29 is 36.2 Å². The molecule has 4 aromatic rings. The van der Waals surface area contributed by atoms with Gasteiger partial charge in [-0.1, -0.05) is 37.6 Å². The number of fused-ring (bicyclic) bond motifs is 1. The molecule has 12 heteroatoms. The lowest BCUT2D eigenvalue weighted by molar-refractivity contribution is -0.135. The predicted octanol–water partition coefficient (Wildman–Crippen LogP) is 5.30. The van der Waals surface area contributed by atoms with Crippen LogP contribution in [0.1, 0.15) is 25.8 Å². The first kappa shape index (κ1) is 31.6. The average molecular weight is 627 g/mol. The van der Waals surface area contributed by atoms with Crippen LogP contribution in [0.25, 0.3) is 10.8 Å². The van der Waals surface area contributed by atoms with Crippen molar-refractivity contribution in [2.45, 2.75) is 36.5 Å². The van der Waals surface area contributed by atoms with Crippen LogP contribution in [0, 0.1) is 0 Å². The second kappa shape index (κ2) is 12.9. The lowest BCUT2D eigenvalue weighted by Crippen LogP contribution is -2.37. The number of ether oxygens (including phenoxy) is 2. The highest BCUT2D eigenvalue weighted by atomic mass is 32.2. The molecule has 4 aromatic carbocycles. The van der Waals surface area contributed by atoms with Gasteiger partial charge < -0.3 is 14.6 Å². The van der Waals surface area contributed by atoms with Crippen LogP contribution in [0.4, 0.5) is 11.4 Å². The topological polar surface area (TPSA) is 131 Å². The Morgan fingerprint density at radius 2 is 1.23 bits per heavy atom. The molecule has 0 unspecified atom stereocenters. The molecule has 0 aromatic heterocycles. The van der Waals surface area contributed by atoms with Crippen molar-refractivity contribution in [2.24, 2.45) is 0 Å². The number of aryl methyl sites for hydroxylation is 1. The molecule has 10 nitrogen and oxygen atoms in total. The molecule has 4 rings (SSSR count). The summed E-state index contributed by atoms with van der Waals surface area (Å²) < 4.78 is 68.4. The predicted molar refractivity (Wildman–Crippen MR) is 166 cm³/mol. The maximum atomic E-state index is 14.0. The monoisotopic (exact) mass is 626 g/mol. The van der Waals surface area contributed by atoms with Gasteiger partial charge in [0, 0.05) is 17.3 Å². The third kappa shape index (κ3) is 6.25. The molecule has 0 aliphatic rings. The van der Waals surface area contributed by atoms with Gasteiger partial charge in [-0.15, -0.1) is 0 Å². The van der Waals surface area contributed by atoms with E-state index in [1.165, 1.54) is 54.9 Å². The minimum atomic E-state index is -4.37. The Kier molecular flexibility index (Phi) is 9.51. The van der Waals surface area contributed by atoms with E-state index in [0.29, 0.717) is 46.4 Å². The van der Waals surface area contributed by atoms with Gasteiger partial charge >= 0.3 is 5.97 Å². The largest absolute Gasteiger partial charge is 0.497 e. The molecular weight excluding hydrogens is 592 g/mol. The van der Waals surface area contributed by atoms with Crippen molar-refractivity contribution in [1.82, 2.24) is 0 Å². The van der Waals surface area contributed by atoms with E-state index in [9.17, 15) is 26.7 Å². The number of carbonyl (C=O) groups is 1. The zero-order valence-corrected chi connectivity index (χ0v) is 26.0. The molecule has 228 valence electrons. The number of carboxylic acids is 1. The maximum Gasteiger partial charge on any atom is 0.324 e. The summed E-state index contributed by atoms with van der Waals surface area (Å²) in [6.45, 7) is 2.88. The molecule has 0 heterocycles. The fourth-order valence-corrected chi connectivity index (χ4v) is 7.94. The summed E-state index contributed by atoms with van der Waals surface area (Å²) >= 11 is 0. The summed E-state index contributed by atoms with van der Waals surface area (Å²) in [5, 5.41) is 10.7. The van der Waals surface area contributed by atoms with Gasteiger partial charge in [-0.3, -0.25) is 13.4 Å². The summed E-state index contributed by atoms with van der Waals surface area (Å²) in [5.74, 6) is -0.383. The number of nitrogens with zero attached hydrogens (tertiary/aromatic N) is 2. The highest BCUT2D eigenvalue weighted by Gasteiger charge is 2.33. The molecule has 0 atom stereocenters. The minimum Gasteiger partial charge on any atom is -0.497 e. The number of hydrogen-bond donors (Lipinski definition) is 1. The Morgan fingerprint density at radius 1 is 0.744 bits per heavy atom. The molecule has 0 bridgehead atoms. The standard InChI is InChI=1S/C31H34N2O8S2/c1-5-9-22-20-29(32(6-2)42(36,37)25-16-12-23(40-3)13-17-25)27-10-7-8-11-28(27)31(22)33(21-30(34)35)43(38,39)26-18-14-24(41-4)15-19-26/h7-8,10-20H,5-6,9,21H2,1-4H3,(H,34,35). The van der Waals surface area contributed by atoms with E-state index < -0.39 is 32.6 Å². The number of hydrogen-bond acceptors (Lipinski definition) is 7. The average Bonchev–Trinajstić information content (AvgIpc) is 3.00. The molecule has 0 spiro atoms. The highest BCUT2D eigenvalue weighted by Crippen LogP contribution is 2.42. The van der Waals surface area contributed by atoms with Gasteiger partial charge in [-0.25, -0.2) is 16.8 Å². The molecule has 0 aliphatic heterocycles. The molecule has 0 saturated heterocycles. The summed E-state index contributed by atoms with van der Waals surface area (Å²) in [6.07, 6.45) is 0.952. The summed E-state index contributed by atoms with van der Waals surface area (Å²) in [5.41, 5.74) is 1.05. The molecule has 0 fully saturated rings. The molecule has 43 heavy (non-hydrogen) atoms. The number of anilines is 2. The number of aliphatic carboxylic acids is 1. The van der Waals surface area contributed by atoms with Crippen LogP contribution >= 0.6 is 0 Å². The SMILES string of the molecule is CCCc1cc(N(CC)S(=O)(=O)c2ccc(OC)cc2)c2ccccc2c1N(CC(=O)O)S(=O)(=O)c1ccc(OC)cc1. The number of sulfonamides is 2. The summed E-state index contributed by atoms with van der Waals surface area (Å²) in [6, 6.07) is 20.2. The van der Waals surface area contributed by atoms with E-state index in [1.54, 1.807) is 49.4 Å². The van der Waals surface area contributed by atoms with Gasteiger partial charge in [0.25, 0.3) is 20.0 Å². The molecule has 1 N–H and O–H groups in total. The van der Waals surface area contributed by atoms with Crippen LogP contribution in [0.2, 0.25) is 0 Å². The van der Waals surface area contributed by atoms with Gasteiger partial charge in [0.1, 0.15) is 18.0 Å². The first-order valence-electron chi connectivity index (χ1n) is 13.6. The van der Waals surface area contributed by atoms with E-state index >= 15 is 0 Å². The number of benzene rings is 4. The lowest BCUT2D eigenvalue weighted by atomic mass is 9.98. The Balaban J connectivity index is 2.00. The Hall–Kier alpha value is -4.29. The second-order valence-electron chi connectivity index (χ2n) is 9.63. The Bertz CT molecular complexity index is 1820. The Labute approximate surface area is 252 Å². The van der Waals surface area contributed by atoms with Crippen LogP contribution in [0.3, 0.4) is 0 Å². The van der Waals surface area contributed by atoms with E-state index in [-0.39, 0.29) is 22.0 Å². The van der Waals surface area contributed by atoms with Crippen molar-refractivity contribution in [3.05, 3.63) is 84.4 Å². The van der Waals surface area contributed by atoms with Crippen molar-refractivity contribution in [3.63, 3.8) is 0 Å². The number of rotatable bonds is 13. The molecule has 0 radical (unpaired) electrons. The molecular formula is C31H34N2O8S2. The zero-order chi connectivity index (χ0) is 31.4. The second-order valence-corrected chi connectivity index (χ2v) is 13.3. The third-order valence-electron chi connectivity index (χ3n) is 6.97. The summed E-state index contributed by atoms with van der Waals surface area (Å²) in [7, 11) is -5.46. The van der Waals surface area contributed by atoms with Crippen LogP contribution in [0.5, 0.6) is 11.5 Å². The van der Waals surface area contributed by atoms with Gasteiger partial charge in [-0.2, -0.15) is 0 Å².